The van der Waals surface area contributed by atoms with Crippen LogP contribution in [0.3, 0.4) is 0 Å². The predicted molar refractivity (Wildman–Crippen MR) is 146 cm³/mol. The van der Waals surface area contributed by atoms with Crippen LogP contribution in [0.25, 0.3) is 16.0 Å². The second-order valence-electron chi connectivity index (χ2n) is 8.94. The molecule has 8 nitrogen and oxygen atoms in total. The van der Waals surface area contributed by atoms with Gasteiger partial charge in [0, 0.05) is 5.56 Å². The van der Waals surface area contributed by atoms with Crippen LogP contribution in [0.4, 0.5) is 5.13 Å². The molecule has 0 unspecified atom stereocenters. The first-order valence-corrected chi connectivity index (χ1v) is 12.6. The second-order valence-corrected chi connectivity index (χ2v) is 9.95. The second kappa shape index (κ2) is 9.83. The van der Waals surface area contributed by atoms with Gasteiger partial charge in [-0.15, -0.1) is 0 Å². The molecule has 5 rings (SSSR count). The first-order chi connectivity index (χ1) is 18.3. The first kappa shape index (κ1) is 25.3. The van der Waals surface area contributed by atoms with Crippen molar-refractivity contribution >= 4 is 44.1 Å². The number of fused-ring (bicyclic) bond motifs is 1. The standard InChI is InChI=1S/C29H26N2O6S/c1-15-11-16(2)24-22(12-15)38-29(30-24)31-25(17-9-10-20(36-4)21(14-17)37-5)23(27(33)28(31)34)26(32)18-7-6-8-19(13-18)35-3/h6-14,25,32H,1-5H3/b26-23+/t25-/m1/s1. The molecular formula is C29H26N2O6S. The first-order valence-electron chi connectivity index (χ1n) is 11.8. The summed E-state index contributed by atoms with van der Waals surface area (Å²) in [7, 11) is 4.55. The van der Waals surface area contributed by atoms with Crippen molar-refractivity contribution < 1.29 is 28.9 Å². The van der Waals surface area contributed by atoms with Crippen LogP contribution in [0.2, 0.25) is 0 Å². The van der Waals surface area contributed by atoms with Crippen LogP contribution in [0.5, 0.6) is 17.2 Å². The monoisotopic (exact) mass is 530 g/mol. The molecule has 194 valence electrons. The van der Waals surface area contributed by atoms with Gasteiger partial charge in [-0.25, -0.2) is 4.98 Å². The van der Waals surface area contributed by atoms with Crippen molar-refractivity contribution in [3.8, 4) is 17.2 Å². The van der Waals surface area contributed by atoms with Crippen LogP contribution < -0.4 is 19.1 Å². The number of rotatable bonds is 6. The maximum Gasteiger partial charge on any atom is 0.301 e. The molecule has 1 saturated heterocycles. The minimum atomic E-state index is -0.956. The van der Waals surface area contributed by atoms with Crippen molar-refractivity contribution in [3.63, 3.8) is 0 Å². The molecule has 0 bridgehead atoms. The average Bonchev–Trinajstić information content (AvgIpc) is 3.46. The maximum absolute atomic E-state index is 13.6. The van der Waals surface area contributed by atoms with Gasteiger partial charge in [0.15, 0.2) is 16.6 Å². The highest BCUT2D eigenvalue weighted by Gasteiger charge is 2.48. The van der Waals surface area contributed by atoms with E-state index in [1.807, 2.05) is 26.0 Å². The SMILES string of the molecule is COc1cccc(/C(O)=C2\C(=O)C(=O)N(c3nc4c(C)cc(C)cc4s3)[C@@H]2c2ccc(OC)c(OC)c2)c1. The summed E-state index contributed by atoms with van der Waals surface area (Å²) in [6.45, 7) is 3.96. The van der Waals surface area contributed by atoms with Crippen LogP contribution in [0.1, 0.15) is 28.3 Å². The zero-order valence-electron chi connectivity index (χ0n) is 21.6. The molecule has 1 N–H and O–H groups in total. The maximum atomic E-state index is 13.6. The Morgan fingerprint density at radius 3 is 2.42 bits per heavy atom. The van der Waals surface area contributed by atoms with Gasteiger partial charge in [-0.3, -0.25) is 14.5 Å². The number of aliphatic hydroxyl groups excluding tert-OH is 1. The van der Waals surface area contributed by atoms with E-state index in [1.165, 1.54) is 37.6 Å². The molecule has 1 atom stereocenters. The number of methoxy groups -OCH3 is 3. The molecule has 0 spiro atoms. The van der Waals surface area contributed by atoms with Crippen molar-refractivity contribution in [1.82, 2.24) is 4.98 Å². The Bertz CT molecular complexity index is 1620. The Morgan fingerprint density at radius 2 is 1.71 bits per heavy atom. The van der Waals surface area contributed by atoms with Crippen LogP contribution >= 0.6 is 11.3 Å². The Kier molecular flexibility index (Phi) is 6.54. The molecule has 0 radical (unpaired) electrons. The van der Waals surface area contributed by atoms with E-state index in [2.05, 4.69) is 0 Å². The molecule has 2 heterocycles. The highest BCUT2D eigenvalue weighted by Crippen LogP contribution is 2.46. The van der Waals surface area contributed by atoms with Crippen molar-refractivity contribution in [2.24, 2.45) is 0 Å². The third-order valence-corrected chi connectivity index (χ3v) is 7.54. The summed E-state index contributed by atoms with van der Waals surface area (Å²) in [4.78, 5) is 33.2. The van der Waals surface area contributed by atoms with Gasteiger partial charge < -0.3 is 19.3 Å². The van der Waals surface area contributed by atoms with Crippen LogP contribution in [-0.2, 0) is 9.59 Å². The van der Waals surface area contributed by atoms with Gasteiger partial charge in [0.1, 0.15) is 11.5 Å². The zero-order valence-corrected chi connectivity index (χ0v) is 22.4. The summed E-state index contributed by atoms with van der Waals surface area (Å²) < 4.78 is 17.1. The topological polar surface area (TPSA) is 98.2 Å². The average molecular weight is 531 g/mol. The van der Waals surface area contributed by atoms with Crippen molar-refractivity contribution in [2.75, 3.05) is 26.2 Å². The number of ketones is 1. The van der Waals surface area contributed by atoms with E-state index in [9.17, 15) is 14.7 Å². The number of thiazole rings is 1. The highest BCUT2D eigenvalue weighted by atomic mass is 32.1. The summed E-state index contributed by atoms with van der Waals surface area (Å²) in [6.07, 6.45) is 0. The molecular weight excluding hydrogens is 504 g/mol. The predicted octanol–water partition coefficient (Wildman–Crippen LogP) is 5.57. The number of hydrogen-bond acceptors (Lipinski definition) is 8. The number of benzene rings is 3. The quantitative estimate of drug-likeness (QED) is 0.198. The van der Waals surface area contributed by atoms with E-state index in [0.717, 1.165) is 21.3 Å². The van der Waals surface area contributed by atoms with Crippen LogP contribution in [-0.4, -0.2) is 43.1 Å². The van der Waals surface area contributed by atoms with Gasteiger partial charge in [0.05, 0.1) is 43.2 Å². The van der Waals surface area contributed by atoms with Gasteiger partial charge in [-0.2, -0.15) is 0 Å². The Balaban J connectivity index is 1.76. The summed E-state index contributed by atoms with van der Waals surface area (Å²) >= 11 is 1.32. The van der Waals surface area contributed by atoms with E-state index in [0.29, 0.717) is 33.5 Å². The highest BCUT2D eigenvalue weighted by molar-refractivity contribution is 7.22. The third kappa shape index (κ3) is 4.14. The summed E-state index contributed by atoms with van der Waals surface area (Å²) in [6, 6.07) is 14.9. The number of Topliss-reactive ketones (excluding diaryl/α,β-unsaturated/α-hetero) is 1. The third-order valence-electron chi connectivity index (χ3n) is 6.54. The van der Waals surface area contributed by atoms with Crippen LogP contribution in [0, 0.1) is 13.8 Å². The molecule has 1 amide bonds. The lowest BCUT2D eigenvalue weighted by molar-refractivity contribution is -0.132. The molecule has 1 aliphatic heterocycles. The van der Waals surface area contributed by atoms with Crippen LogP contribution in [0.15, 0.2) is 60.2 Å². The number of carbonyl (C=O) groups is 2. The van der Waals surface area contributed by atoms with E-state index >= 15 is 0 Å². The molecule has 0 aliphatic carbocycles. The fourth-order valence-corrected chi connectivity index (χ4v) is 5.92. The van der Waals surface area contributed by atoms with Gasteiger partial charge >= 0.3 is 5.91 Å². The van der Waals surface area contributed by atoms with E-state index in [4.69, 9.17) is 19.2 Å². The molecule has 1 aromatic heterocycles. The zero-order chi connectivity index (χ0) is 27.1. The molecule has 0 saturated carbocycles. The van der Waals surface area contributed by atoms with E-state index in [-0.39, 0.29) is 11.3 Å². The fraction of sp³-hybridized carbons (Fsp3) is 0.207. The van der Waals surface area contributed by atoms with E-state index < -0.39 is 17.7 Å². The normalized spacial score (nSPS) is 16.8. The minimum Gasteiger partial charge on any atom is -0.507 e. The van der Waals surface area contributed by atoms with Gasteiger partial charge in [-0.1, -0.05) is 35.6 Å². The van der Waals surface area contributed by atoms with Gasteiger partial charge in [-0.05, 0) is 60.9 Å². The molecule has 38 heavy (non-hydrogen) atoms. The summed E-state index contributed by atoms with van der Waals surface area (Å²) in [5.41, 5.74) is 3.65. The number of aromatic nitrogens is 1. The van der Waals surface area contributed by atoms with Gasteiger partial charge in [0.2, 0.25) is 0 Å². The molecule has 1 aliphatic rings. The smallest absolute Gasteiger partial charge is 0.301 e. The number of nitrogens with zero attached hydrogens (tertiary/aromatic N) is 2. The number of ether oxygens (including phenoxy) is 3. The Morgan fingerprint density at radius 1 is 0.947 bits per heavy atom. The largest absolute Gasteiger partial charge is 0.507 e. The van der Waals surface area contributed by atoms with Gasteiger partial charge in [0.25, 0.3) is 5.78 Å². The number of aliphatic hydroxyl groups is 1. The van der Waals surface area contributed by atoms with E-state index in [1.54, 1.807) is 42.5 Å². The Labute approximate surface area is 223 Å². The molecule has 4 aromatic rings. The summed E-state index contributed by atoms with van der Waals surface area (Å²) in [5, 5.41) is 11.8. The van der Waals surface area contributed by atoms with Crippen molar-refractivity contribution in [2.45, 2.75) is 19.9 Å². The number of hydrogen-bond donors (Lipinski definition) is 1. The number of amides is 1. The lowest BCUT2D eigenvalue weighted by atomic mass is 9.95. The minimum absolute atomic E-state index is 0.0531. The number of carbonyl (C=O) groups excluding carboxylic acids is 2. The number of anilines is 1. The van der Waals surface area contributed by atoms with Crippen molar-refractivity contribution in [1.29, 1.82) is 0 Å². The Hall–Kier alpha value is -4.37. The lowest BCUT2D eigenvalue weighted by Gasteiger charge is -2.23. The fourth-order valence-electron chi connectivity index (χ4n) is 4.76. The molecule has 9 heteroatoms. The number of aryl methyl sites for hydroxylation is 2. The van der Waals surface area contributed by atoms with Crippen molar-refractivity contribution in [3.05, 3.63) is 82.4 Å². The lowest BCUT2D eigenvalue weighted by Crippen LogP contribution is -2.29. The molecule has 1 fully saturated rings. The summed E-state index contributed by atoms with van der Waals surface area (Å²) in [5.74, 6) is -0.472. The molecule has 3 aromatic carbocycles.